The minimum absolute atomic E-state index is 0.124. The topological polar surface area (TPSA) is 76.2 Å². The summed E-state index contributed by atoms with van der Waals surface area (Å²) in [7, 11) is 0. The van der Waals surface area contributed by atoms with Crippen molar-refractivity contribution in [1.82, 2.24) is 24.8 Å². The first kappa shape index (κ1) is 14.7. The summed E-state index contributed by atoms with van der Waals surface area (Å²) in [6, 6.07) is 3.83. The van der Waals surface area contributed by atoms with Gasteiger partial charge in [0.05, 0.1) is 0 Å². The molecule has 0 aromatic carbocycles. The third-order valence-electron chi connectivity index (χ3n) is 5.35. The Balaban J connectivity index is 1.38. The number of pyridine rings is 1. The van der Waals surface area contributed by atoms with Crippen LogP contribution in [0.2, 0.25) is 0 Å². The van der Waals surface area contributed by atoms with Crippen molar-refractivity contribution in [2.75, 3.05) is 19.6 Å². The minimum Gasteiger partial charge on any atom is -0.440 e. The average Bonchev–Trinajstić information content (AvgIpc) is 3.31. The van der Waals surface area contributed by atoms with Crippen LogP contribution < -0.4 is 5.32 Å². The van der Waals surface area contributed by atoms with Crippen molar-refractivity contribution in [3.63, 3.8) is 0 Å². The van der Waals surface area contributed by atoms with Crippen LogP contribution in [0.3, 0.4) is 0 Å². The fourth-order valence-electron chi connectivity index (χ4n) is 3.93. The van der Waals surface area contributed by atoms with Crippen LogP contribution in [0.1, 0.15) is 23.3 Å². The molecule has 3 aromatic heterocycles. The second-order valence-electron chi connectivity index (χ2n) is 6.88. The SMILES string of the molecule is O=C(NC1CN2CCC1CC2)c1cc2oc(-n3ccnc3)cc2cn1. The lowest BCUT2D eigenvalue weighted by molar-refractivity contribution is 0.0618. The van der Waals surface area contributed by atoms with E-state index in [4.69, 9.17) is 4.42 Å². The molecule has 6 heterocycles. The molecule has 0 aliphatic carbocycles. The van der Waals surface area contributed by atoms with Gasteiger partial charge in [-0.25, -0.2) is 4.98 Å². The fourth-order valence-corrected chi connectivity index (χ4v) is 3.93. The summed E-state index contributed by atoms with van der Waals surface area (Å²) >= 11 is 0. The Morgan fingerprint density at radius 1 is 1.28 bits per heavy atom. The summed E-state index contributed by atoms with van der Waals surface area (Å²) in [5.74, 6) is 1.12. The predicted octanol–water partition coefficient (Wildman–Crippen LogP) is 1.84. The van der Waals surface area contributed by atoms with Crippen molar-refractivity contribution >= 4 is 16.9 Å². The summed E-state index contributed by atoms with van der Waals surface area (Å²) in [6.07, 6.45) is 9.20. The molecular formula is C18H19N5O2. The van der Waals surface area contributed by atoms with E-state index in [2.05, 4.69) is 20.2 Å². The lowest BCUT2D eigenvalue weighted by Crippen LogP contribution is -2.57. The van der Waals surface area contributed by atoms with E-state index in [1.807, 2.05) is 12.3 Å². The Kier molecular flexibility index (Phi) is 3.34. The van der Waals surface area contributed by atoms with Crippen molar-refractivity contribution in [1.29, 1.82) is 0 Å². The van der Waals surface area contributed by atoms with Crippen LogP contribution in [-0.2, 0) is 0 Å². The van der Waals surface area contributed by atoms with Gasteiger partial charge in [-0.3, -0.25) is 14.3 Å². The van der Waals surface area contributed by atoms with Crippen LogP contribution in [0.25, 0.3) is 16.9 Å². The number of nitrogens with zero attached hydrogens (tertiary/aromatic N) is 4. The summed E-state index contributed by atoms with van der Waals surface area (Å²) < 4.78 is 7.62. The summed E-state index contributed by atoms with van der Waals surface area (Å²) in [5.41, 5.74) is 1.05. The summed E-state index contributed by atoms with van der Waals surface area (Å²) in [6.45, 7) is 3.26. The second kappa shape index (κ2) is 5.70. The van der Waals surface area contributed by atoms with E-state index in [9.17, 15) is 4.79 Å². The third-order valence-corrected chi connectivity index (χ3v) is 5.35. The van der Waals surface area contributed by atoms with E-state index in [-0.39, 0.29) is 11.9 Å². The lowest BCUT2D eigenvalue weighted by Gasteiger charge is -2.44. The molecule has 3 fully saturated rings. The predicted molar refractivity (Wildman–Crippen MR) is 91.5 cm³/mol. The highest BCUT2D eigenvalue weighted by Gasteiger charge is 2.35. The molecule has 3 aliphatic heterocycles. The number of imidazole rings is 1. The first-order valence-corrected chi connectivity index (χ1v) is 8.67. The highest BCUT2D eigenvalue weighted by atomic mass is 16.4. The van der Waals surface area contributed by atoms with Gasteiger partial charge in [0.25, 0.3) is 5.91 Å². The van der Waals surface area contributed by atoms with Gasteiger partial charge >= 0.3 is 0 Å². The van der Waals surface area contributed by atoms with Crippen LogP contribution in [-0.4, -0.2) is 51.0 Å². The Hall–Kier alpha value is -2.67. The summed E-state index contributed by atoms with van der Waals surface area (Å²) in [5, 5.41) is 4.03. The Morgan fingerprint density at radius 3 is 2.88 bits per heavy atom. The second-order valence-corrected chi connectivity index (χ2v) is 6.88. The van der Waals surface area contributed by atoms with E-state index in [1.54, 1.807) is 29.4 Å². The zero-order valence-electron chi connectivity index (χ0n) is 13.8. The smallest absolute Gasteiger partial charge is 0.270 e. The number of nitrogens with one attached hydrogen (secondary N) is 1. The van der Waals surface area contributed by atoms with Gasteiger partial charge in [-0.1, -0.05) is 0 Å². The third kappa shape index (κ3) is 2.60. The molecule has 1 amide bonds. The standard InChI is InChI=1S/C18H19N5O2/c24-18(21-15-10-22-4-1-12(15)2-5-22)14-8-16-13(9-20-14)7-17(25-16)23-6-3-19-11-23/h3,6-9,11-12,15H,1-2,4-5,10H2,(H,21,24). The van der Waals surface area contributed by atoms with Crippen molar-refractivity contribution in [3.8, 4) is 5.88 Å². The van der Waals surface area contributed by atoms with Gasteiger partial charge in [0, 0.05) is 48.7 Å². The Morgan fingerprint density at radius 2 is 2.16 bits per heavy atom. The molecule has 0 saturated carbocycles. The number of piperidine rings is 3. The number of carbonyl (C=O) groups is 1. The largest absolute Gasteiger partial charge is 0.440 e. The number of hydrogen-bond donors (Lipinski definition) is 1. The molecule has 25 heavy (non-hydrogen) atoms. The fraction of sp³-hybridized carbons (Fsp3) is 0.389. The minimum atomic E-state index is -0.124. The van der Waals surface area contributed by atoms with Crippen molar-refractivity contribution in [2.45, 2.75) is 18.9 Å². The van der Waals surface area contributed by atoms with Gasteiger partial charge < -0.3 is 14.6 Å². The van der Waals surface area contributed by atoms with Crippen molar-refractivity contribution in [2.24, 2.45) is 5.92 Å². The molecule has 1 unspecified atom stereocenters. The van der Waals surface area contributed by atoms with E-state index < -0.39 is 0 Å². The molecular weight excluding hydrogens is 318 g/mol. The maximum Gasteiger partial charge on any atom is 0.270 e. The number of hydrogen-bond acceptors (Lipinski definition) is 5. The maximum atomic E-state index is 12.6. The molecule has 0 spiro atoms. The van der Waals surface area contributed by atoms with E-state index in [0.717, 1.165) is 25.0 Å². The number of furan rings is 1. The van der Waals surface area contributed by atoms with Gasteiger partial charge in [-0.15, -0.1) is 0 Å². The molecule has 128 valence electrons. The molecule has 1 N–H and O–H groups in total. The average molecular weight is 337 g/mol. The molecule has 3 saturated heterocycles. The van der Waals surface area contributed by atoms with Gasteiger partial charge in [0.2, 0.25) is 5.88 Å². The Bertz CT molecular complexity index is 909. The van der Waals surface area contributed by atoms with E-state index >= 15 is 0 Å². The van der Waals surface area contributed by atoms with E-state index in [0.29, 0.717) is 23.1 Å². The van der Waals surface area contributed by atoms with E-state index in [1.165, 1.54) is 12.8 Å². The molecule has 3 aromatic rings. The molecule has 0 radical (unpaired) electrons. The Labute approximate surface area is 144 Å². The van der Waals surface area contributed by atoms with Gasteiger partial charge in [0.15, 0.2) is 0 Å². The molecule has 7 nitrogen and oxygen atoms in total. The van der Waals surface area contributed by atoms with Crippen LogP contribution in [0, 0.1) is 5.92 Å². The lowest BCUT2D eigenvalue weighted by atomic mass is 9.84. The van der Waals surface area contributed by atoms with Gasteiger partial charge in [0.1, 0.15) is 17.6 Å². The zero-order chi connectivity index (χ0) is 16.8. The highest BCUT2D eigenvalue weighted by Crippen LogP contribution is 2.28. The molecule has 1 atom stereocenters. The molecule has 7 heteroatoms. The van der Waals surface area contributed by atoms with Crippen LogP contribution in [0.4, 0.5) is 0 Å². The number of fused-ring (bicyclic) bond motifs is 4. The number of rotatable bonds is 3. The number of amides is 1. The first-order valence-electron chi connectivity index (χ1n) is 8.67. The molecule has 6 rings (SSSR count). The maximum absolute atomic E-state index is 12.6. The monoisotopic (exact) mass is 337 g/mol. The van der Waals surface area contributed by atoms with Crippen LogP contribution in [0.15, 0.2) is 41.5 Å². The first-order chi connectivity index (χ1) is 12.3. The van der Waals surface area contributed by atoms with Crippen LogP contribution in [0.5, 0.6) is 0 Å². The summed E-state index contributed by atoms with van der Waals surface area (Å²) in [4.78, 5) is 23.4. The quantitative estimate of drug-likeness (QED) is 0.789. The molecule has 2 bridgehead atoms. The zero-order valence-corrected chi connectivity index (χ0v) is 13.8. The highest BCUT2D eigenvalue weighted by molar-refractivity contribution is 5.95. The number of carbonyl (C=O) groups excluding carboxylic acids is 1. The van der Waals surface area contributed by atoms with Crippen LogP contribution >= 0.6 is 0 Å². The van der Waals surface area contributed by atoms with Gasteiger partial charge in [-0.05, 0) is 31.8 Å². The molecule has 3 aliphatic rings. The van der Waals surface area contributed by atoms with Gasteiger partial charge in [-0.2, -0.15) is 0 Å². The van der Waals surface area contributed by atoms with Crippen molar-refractivity contribution in [3.05, 3.63) is 42.7 Å². The normalized spacial score (nSPS) is 25.4. The van der Waals surface area contributed by atoms with Crippen molar-refractivity contribution < 1.29 is 9.21 Å². The number of aromatic nitrogens is 3.